The molecule has 1 aromatic rings. The lowest BCUT2D eigenvalue weighted by Crippen LogP contribution is -2.37. The molecule has 1 saturated heterocycles. The van der Waals surface area contributed by atoms with Crippen molar-refractivity contribution < 1.29 is 18.7 Å². The van der Waals surface area contributed by atoms with Crippen LogP contribution in [0.4, 0.5) is 8.78 Å². The SMILES string of the molecule is CC(c1cc(F)ccc1F)N1CCCC(N(C)CC(=O)O)CC1.Cl. The van der Waals surface area contributed by atoms with Crippen LogP contribution in [-0.2, 0) is 4.79 Å². The van der Waals surface area contributed by atoms with E-state index in [4.69, 9.17) is 5.11 Å². The molecular formula is C17H25ClF2N2O2. The van der Waals surface area contributed by atoms with E-state index in [9.17, 15) is 13.6 Å². The smallest absolute Gasteiger partial charge is 0.317 e. The van der Waals surface area contributed by atoms with Crippen LogP contribution in [-0.4, -0.2) is 53.6 Å². The number of halogens is 3. The van der Waals surface area contributed by atoms with Gasteiger partial charge in [0.15, 0.2) is 0 Å². The summed E-state index contributed by atoms with van der Waals surface area (Å²) in [6.07, 6.45) is 2.65. The van der Waals surface area contributed by atoms with E-state index in [0.717, 1.165) is 38.4 Å². The molecule has 1 aliphatic rings. The van der Waals surface area contributed by atoms with Crippen LogP contribution in [0.15, 0.2) is 18.2 Å². The summed E-state index contributed by atoms with van der Waals surface area (Å²) in [5.41, 5.74) is 0.377. The quantitative estimate of drug-likeness (QED) is 0.872. The Bertz CT molecular complexity index is 559. The van der Waals surface area contributed by atoms with Crippen LogP contribution >= 0.6 is 12.4 Å². The Hall–Kier alpha value is -1.24. The Morgan fingerprint density at radius 2 is 2.08 bits per heavy atom. The summed E-state index contributed by atoms with van der Waals surface area (Å²) in [5, 5.41) is 8.90. The van der Waals surface area contributed by atoms with E-state index in [1.807, 2.05) is 18.9 Å². The normalized spacial score (nSPS) is 20.3. The molecule has 136 valence electrons. The van der Waals surface area contributed by atoms with Gasteiger partial charge in [0, 0.05) is 24.2 Å². The highest BCUT2D eigenvalue weighted by atomic mass is 35.5. The Balaban J connectivity index is 0.00000288. The summed E-state index contributed by atoms with van der Waals surface area (Å²) in [6, 6.07) is 3.57. The summed E-state index contributed by atoms with van der Waals surface area (Å²) in [4.78, 5) is 14.8. The molecule has 2 rings (SSSR count). The topological polar surface area (TPSA) is 43.8 Å². The minimum absolute atomic E-state index is 0. The van der Waals surface area contributed by atoms with Crippen molar-refractivity contribution in [2.75, 3.05) is 26.7 Å². The van der Waals surface area contributed by atoms with Gasteiger partial charge in [0.05, 0.1) is 6.54 Å². The van der Waals surface area contributed by atoms with Crippen molar-refractivity contribution in [1.82, 2.24) is 9.80 Å². The molecule has 0 aromatic heterocycles. The fraction of sp³-hybridized carbons (Fsp3) is 0.588. The first-order valence-electron chi connectivity index (χ1n) is 7.99. The van der Waals surface area contributed by atoms with Gasteiger partial charge in [0.2, 0.25) is 0 Å². The second-order valence-electron chi connectivity index (χ2n) is 6.27. The summed E-state index contributed by atoms with van der Waals surface area (Å²) in [6.45, 7) is 3.46. The maximum Gasteiger partial charge on any atom is 0.317 e. The van der Waals surface area contributed by atoms with E-state index in [0.29, 0.717) is 5.56 Å². The van der Waals surface area contributed by atoms with Crippen molar-refractivity contribution in [2.24, 2.45) is 0 Å². The van der Waals surface area contributed by atoms with Gasteiger partial charge in [-0.3, -0.25) is 14.6 Å². The van der Waals surface area contributed by atoms with Gasteiger partial charge < -0.3 is 5.11 Å². The Labute approximate surface area is 147 Å². The standard InChI is InChI=1S/C17H24F2N2O2.ClH/c1-12(15-10-13(18)5-6-16(15)19)21-8-3-4-14(7-9-21)20(2)11-17(22)23;/h5-6,10,12,14H,3-4,7-9,11H2,1-2H3,(H,22,23);1H. The first-order chi connectivity index (χ1) is 10.9. The van der Waals surface area contributed by atoms with Crippen LogP contribution in [0.25, 0.3) is 0 Å². The van der Waals surface area contributed by atoms with Crippen molar-refractivity contribution in [2.45, 2.75) is 38.3 Å². The third-order valence-corrected chi connectivity index (χ3v) is 4.70. The molecule has 2 atom stereocenters. The molecule has 24 heavy (non-hydrogen) atoms. The molecule has 7 heteroatoms. The predicted octanol–water partition coefficient (Wildman–Crippen LogP) is 3.32. The number of aliphatic carboxylic acids is 1. The summed E-state index contributed by atoms with van der Waals surface area (Å²) >= 11 is 0. The molecule has 4 nitrogen and oxygen atoms in total. The number of benzene rings is 1. The van der Waals surface area contributed by atoms with E-state index >= 15 is 0 Å². The third-order valence-electron chi connectivity index (χ3n) is 4.70. The minimum atomic E-state index is -0.830. The number of likely N-dealkylation sites (tertiary alicyclic amines) is 1. The molecule has 0 bridgehead atoms. The van der Waals surface area contributed by atoms with Crippen LogP contribution in [0.3, 0.4) is 0 Å². The number of carbonyl (C=O) groups is 1. The van der Waals surface area contributed by atoms with Crippen molar-refractivity contribution in [3.63, 3.8) is 0 Å². The summed E-state index contributed by atoms with van der Waals surface area (Å²) < 4.78 is 27.4. The van der Waals surface area contributed by atoms with Crippen molar-refractivity contribution >= 4 is 18.4 Å². The monoisotopic (exact) mass is 362 g/mol. The predicted molar refractivity (Wildman–Crippen MR) is 91.5 cm³/mol. The maximum absolute atomic E-state index is 14.0. The van der Waals surface area contributed by atoms with Gasteiger partial charge in [-0.2, -0.15) is 0 Å². The van der Waals surface area contributed by atoms with Gasteiger partial charge in [-0.15, -0.1) is 12.4 Å². The Kier molecular flexibility index (Phi) is 8.06. The van der Waals surface area contributed by atoms with E-state index in [1.54, 1.807) is 0 Å². The molecule has 0 spiro atoms. The lowest BCUT2D eigenvalue weighted by Gasteiger charge is -2.29. The molecule has 2 unspecified atom stereocenters. The van der Waals surface area contributed by atoms with E-state index in [-0.39, 0.29) is 36.9 Å². The van der Waals surface area contributed by atoms with Crippen molar-refractivity contribution in [3.05, 3.63) is 35.4 Å². The Morgan fingerprint density at radius 1 is 1.38 bits per heavy atom. The second-order valence-corrected chi connectivity index (χ2v) is 6.27. The number of hydrogen-bond donors (Lipinski definition) is 1. The third kappa shape index (κ3) is 5.40. The van der Waals surface area contributed by atoms with Gasteiger partial charge in [0.25, 0.3) is 0 Å². The Morgan fingerprint density at radius 3 is 2.75 bits per heavy atom. The molecule has 1 aromatic carbocycles. The number of nitrogens with zero attached hydrogens (tertiary/aromatic N) is 2. The molecule has 0 aliphatic carbocycles. The number of carboxylic acids is 1. The number of carboxylic acid groups (broad SMARTS) is 1. The zero-order valence-electron chi connectivity index (χ0n) is 14.0. The molecule has 1 aliphatic heterocycles. The lowest BCUT2D eigenvalue weighted by atomic mass is 10.1. The van der Waals surface area contributed by atoms with E-state index in [2.05, 4.69) is 4.90 Å². The highest BCUT2D eigenvalue weighted by Crippen LogP contribution is 2.27. The first kappa shape index (κ1) is 20.8. The van der Waals surface area contributed by atoms with Crippen LogP contribution in [0, 0.1) is 11.6 Å². The molecule has 0 saturated carbocycles. The molecule has 0 radical (unpaired) electrons. The largest absolute Gasteiger partial charge is 0.480 e. The maximum atomic E-state index is 14.0. The summed E-state index contributed by atoms with van der Waals surface area (Å²) in [5.74, 6) is -1.64. The zero-order valence-corrected chi connectivity index (χ0v) is 14.9. The molecule has 1 N–H and O–H groups in total. The van der Waals surface area contributed by atoms with Gasteiger partial charge in [0.1, 0.15) is 11.6 Å². The van der Waals surface area contributed by atoms with Gasteiger partial charge in [-0.25, -0.2) is 8.78 Å². The van der Waals surface area contributed by atoms with Crippen LogP contribution < -0.4 is 0 Å². The number of hydrogen-bond acceptors (Lipinski definition) is 3. The van der Waals surface area contributed by atoms with E-state index < -0.39 is 11.8 Å². The first-order valence-corrected chi connectivity index (χ1v) is 7.99. The van der Waals surface area contributed by atoms with Crippen LogP contribution in [0.5, 0.6) is 0 Å². The number of likely N-dealkylation sites (N-methyl/N-ethyl adjacent to an activating group) is 1. The fourth-order valence-electron chi connectivity index (χ4n) is 3.30. The van der Waals surface area contributed by atoms with Crippen molar-refractivity contribution in [3.8, 4) is 0 Å². The van der Waals surface area contributed by atoms with Gasteiger partial charge in [-0.05, 0) is 58.0 Å². The van der Waals surface area contributed by atoms with E-state index in [1.165, 1.54) is 12.1 Å². The van der Waals surface area contributed by atoms with Crippen LogP contribution in [0.1, 0.15) is 37.8 Å². The number of rotatable bonds is 5. The fourth-order valence-corrected chi connectivity index (χ4v) is 3.30. The zero-order chi connectivity index (χ0) is 17.0. The average Bonchev–Trinajstić information content (AvgIpc) is 2.74. The van der Waals surface area contributed by atoms with Crippen LogP contribution in [0.2, 0.25) is 0 Å². The molecule has 0 amide bonds. The second kappa shape index (κ2) is 9.30. The summed E-state index contributed by atoms with van der Waals surface area (Å²) in [7, 11) is 1.82. The molecular weight excluding hydrogens is 338 g/mol. The highest BCUT2D eigenvalue weighted by molar-refractivity contribution is 5.85. The lowest BCUT2D eigenvalue weighted by molar-refractivity contribution is -0.138. The minimum Gasteiger partial charge on any atom is -0.480 e. The molecule has 1 heterocycles. The molecule has 1 fully saturated rings. The van der Waals surface area contributed by atoms with Gasteiger partial charge >= 0.3 is 5.97 Å². The average molecular weight is 363 g/mol. The van der Waals surface area contributed by atoms with Gasteiger partial charge in [-0.1, -0.05) is 0 Å². The highest BCUT2D eigenvalue weighted by Gasteiger charge is 2.25. The van der Waals surface area contributed by atoms with Crippen molar-refractivity contribution in [1.29, 1.82) is 0 Å².